The minimum atomic E-state index is -1.16. The zero-order chi connectivity index (χ0) is 12.3. The van der Waals surface area contributed by atoms with Gasteiger partial charge >= 0.3 is 5.97 Å². The first-order valence-electron chi connectivity index (χ1n) is 4.20. The van der Waals surface area contributed by atoms with Crippen molar-refractivity contribution in [1.29, 1.82) is 0 Å². The van der Waals surface area contributed by atoms with Gasteiger partial charge in [0.25, 0.3) is 0 Å². The van der Waals surface area contributed by atoms with Crippen LogP contribution < -0.4 is 4.90 Å². The van der Waals surface area contributed by atoms with E-state index in [1.54, 1.807) is 0 Å². The van der Waals surface area contributed by atoms with Gasteiger partial charge < -0.3 is 5.11 Å². The summed E-state index contributed by atoms with van der Waals surface area (Å²) < 4.78 is 0.328. The Balaban J connectivity index is 3.14. The summed E-state index contributed by atoms with van der Waals surface area (Å²) in [5.41, 5.74) is 0.214. The fourth-order valence-corrected chi connectivity index (χ4v) is 2.36. The minimum absolute atomic E-state index is 0.214. The summed E-state index contributed by atoms with van der Waals surface area (Å²) in [4.78, 5) is 33.6. The maximum atomic E-state index is 11.3. The normalized spacial score (nSPS) is 9.88. The number of carboxylic acid groups (broad SMARTS) is 1. The van der Waals surface area contributed by atoms with Crippen molar-refractivity contribution >= 4 is 46.1 Å². The van der Waals surface area contributed by atoms with E-state index in [1.807, 2.05) is 0 Å². The molecule has 0 aliphatic heterocycles. The molecule has 1 rings (SSSR count). The van der Waals surface area contributed by atoms with Crippen molar-refractivity contribution in [2.75, 3.05) is 11.4 Å². The predicted octanol–water partition coefficient (Wildman–Crippen LogP) is 1.65. The third-order valence-electron chi connectivity index (χ3n) is 1.76. The Bertz CT molecular complexity index is 443. The molecule has 1 N–H and O–H groups in total. The third-order valence-corrected chi connectivity index (χ3v) is 3.06. The molecule has 1 aromatic heterocycles. The molecule has 16 heavy (non-hydrogen) atoms. The predicted molar refractivity (Wildman–Crippen MR) is 60.4 cm³/mol. The number of carboxylic acids is 1. The number of hydrogen-bond donors (Lipinski definition) is 1. The van der Waals surface area contributed by atoms with Crippen LogP contribution in [0.2, 0.25) is 4.34 Å². The second-order valence-electron chi connectivity index (χ2n) is 2.93. The van der Waals surface area contributed by atoms with Crippen LogP contribution in [0.5, 0.6) is 0 Å². The average molecular weight is 262 g/mol. The first-order valence-corrected chi connectivity index (χ1v) is 5.39. The average Bonchev–Trinajstić information content (AvgIpc) is 2.55. The minimum Gasteiger partial charge on any atom is -0.480 e. The van der Waals surface area contributed by atoms with Gasteiger partial charge in [0.15, 0.2) is 6.29 Å². The summed E-state index contributed by atoms with van der Waals surface area (Å²) in [6.07, 6.45) is 0.537. The molecule has 1 aromatic rings. The van der Waals surface area contributed by atoms with E-state index in [0.29, 0.717) is 10.6 Å². The summed E-state index contributed by atoms with van der Waals surface area (Å²) >= 11 is 6.70. The molecule has 0 saturated carbocycles. The Hall–Kier alpha value is -1.40. The van der Waals surface area contributed by atoms with Crippen molar-refractivity contribution in [2.45, 2.75) is 6.92 Å². The van der Waals surface area contributed by atoms with E-state index in [0.717, 1.165) is 16.2 Å². The Morgan fingerprint density at radius 1 is 1.62 bits per heavy atom. The molecule has 0 fully saturated rings. The van der Waals surface area contributed by atoms with Gasteiger partial charge in [-0.2, -0.15) is 0 Å². The molecular weight excluding hydrogens is 254 g/mol. The monoisotopic (exact) mass is 261 g/mol. The van der Waals surface area contributed by atoms with Gasteiger partial charge in [-0.3, -0.25) is 19.3 Å². The van der Waals surface area contributed by atoms with E-state index in [1.165, 1.54) is 13.0 Å². The van der Waals surface area contributed by atoms with Crippen LogP contribution in [0.3, 0.4) is 0 Å². The molecule has 0 aliphatic carbocycles. The first-order chi connectivity index (χ1) is 7.45. The van der Waals surface area contributed by atoms with Crippen molar-refractivity contribution in [1.82, 2.24) is 0 Å². The van der Waals surface area contributed by atoms with Crippen molar-refractivity contribution in [2.24, 2.45) is 0 Å². The molecule has 0 atom stereocenters. The Morgan fingerprint density at radius 2 is 2.25 bits per heavy atom. The van der Waals surface area contributed by atoms with Gasteiger partial charge in [-0.15, -0.1) is 11.3 Å². The molecule has 5 nitrogen and oxygen atoms in total. The molecular formula is C9H8ClNO4S. The number of rotatable bonds is 4. The van der Waals surface area contributed by atoms with E-state index in [4.69, 9.17) is 16.7 Å². The number of amides is 1. The highest BCUT2D eigenvalue weighted by molar-refractivity contribution is 7.20. The fraction of sp³-hybridized carbons (Fsp3) is 0.222. The fourth-order valence-electron chi connectivity index (χ4n) is 1.12. The van der Waals surface area contributed by atoms with E-state index in [9.17, 15) is 14.4 Å². The van der Waals surface area contributed by atoms with Crippen LogP contribution in [-0.4, -0.2) is 29.8 Å². The quantitative estimate of drug-likeness (QED) is 0.837. The Kier molecular flexibility index (Phi) is 4.03. The van der Waals surface area contributed by atoms with Gasteiger partial charge in [-0.05, 0) is 6.07 Å². The number of hydrogen-bond acceptors (Lipinski definition) is 4. The number of thiophene rings is 1. The van der Waals surface area contributed by atoms with Gasteiger partial charge in [0, 0.05) is 6.92 Å². The molecule has 0 bridgehead atoms. The highest BCUT2D eigenvalue weighted by atomic mass is 35.5. The topological polar surface area (TPSA) is 74.7 Å². The van der Waals surface area contributed by atoms with Gasteiger partial charge in [0.1, 0.15) is 11.5 Å². The number of anilines is 1. The van der Waals surface area contributed by atoms with Crippen molar-refractivity contribution in [3.8, 4) is 0 Å². The summed E-state index contributed by atoms with van der Waals surface area (Å²) in [5, 5.41) is 8.91. The summed E-state index contributed by atoms with van der Waals surface area (Å²) in [7, 11) is 0. The molecule has 0 aromatic carbocycles. The van der Waals surface area contributed by atoms with Gasteiger partial charge in [-0.25, -0.2) is 0 Å². The van der Waals surface area contributed by atoms with Crippen LogP contribution in [0.15, 0.2) is 6.07 Å². The third kappa shape index (κ3) is 2.80. The van der Waals surface area contributed by atoms with Crippen molar-refractivity contribution in [3.63, 3.8) is 0 Å². The van der Waals surface area contributed by atoms with E-state index in [2.05, 4.69) is 0 Å². The Morgan fingerprint density at radius 3 is 2.69 bits per heavy atom. The maximum Gasteiger partial charge on any atom is 0.323 e. The molecule has 1 amide bonds. The highest BCUT2D eigenvalue weighted by Crippen LogP contribution is 2.33. The number of halogens is 1. The molecule has 0 radical (unpaired) electrons. The van der Waals surface area contributed by atoms with E-state index >= 15 is 0 Å². The molecule has 86 valence electrons. The lowest BCUT2D eigenvalue weighted by molar-refractivity contribution is -0.136. The number of carbonyl (C=O) groups is 3. The number of nitrogens with zero attached hydrogens (tertiary/aromatic N) is 1. The molecule has 1 heterocycles. The van der Waals surface area contributed by atoms with Crippen LogP contribution in [0.25, 0.3) is 0 Å². The maximum absolute atomic E-state index is 11.3. The lowest BCUT2D eigenvalue weighted by Gasteiger charge is -2.17. The zero-order valence-corrected chi connectivity index (χ0v) is 9.84. The smallest absolute Gasteiger partial charge is 0.323 e. The second-order valence-corrected chi connectivity index (χ2v) is 4.59. The largest absolute Gasteiger partial charge is 0.480 e. The van der Waals surface area contributed by atoms with Crippen LogP contribution >= 0.6 is 22.9 Å². The first kappa shape index (κ1) is 12.7. The van der Waals surface area contributed by atoms with Crippen LogP contribution in [0.4, 0.5) is 5.00 Å². The van der Waals surface area contributed by atoms with E-state index < -0.39 is 18.4 Å². The molecule has 7 heteroatoms. The summed E-state index contributed by atoms with van der Waals surface area (Å²) in [6, 6.07) is 1.40. The number of aliphatic carboxylic acids is 1. The Labute approximate surface area is 100 Å². The van der Waals surface area contributed by atoms with Gasteiger partial charge in [0.2, 0.25) is 5.91 Å². The van der Waals surface area contributed by atoms with Crippen LogP contribution in [0.1, 0.15) is 17.3 Å². The zero-order valence-electron chi connectivity index (χ0n) is 8.27. The molecule has 0 saturated heterocycles. The number of carbonyl (C=O) groups excluding carboxylic acids is 2. The van der Waals surface area contributed by atoms with Crippen molar-refractivity contribution < 1.29 is 19.5 Å². The standard InChI is InChI=1S/C9H8ClNO4S/c1-5(13)11(3-8(14)15)9-6(4-12)2-7(10)16-9/h2,4H,3H2,1H3,(H,14,15). The highest BCUT2D eigenvalue weighted by Gasteiger charge is 2.20. The SMILES string of the molecule is CC(=O)N(CC(=O)O)c1sc(Cl)cc1C=O. The van der Waals surface area contributed by atoms with Crippen LogP contribution in [-0.2, 0) is 9.59 Å². The lowest BCUT2D eigenvalue weighted by atomic mass is 10.3. The van der Waals surface area contributed by atoms with Crippen LogP contribution in [0, 0.1) is 0 Å². The van der Waals surface area contributed by atoms with Gasteiger partial charge in [0.05, 0.1) is 9.90 Å². The molecule has 0 spiro atoms. The lowest BCUT2D eigenvalue weighted by Crippen LogP contribution is -2.33. The molecule has 0 unspecified atom stereocenters. The summed E-state index contributed by atoms with van der Waals surface area (Å²) in [5.74, 6) is -1.61. The summed E-state index contributed by atoms with van der Waals surface area (Å²) in [6.45, 7) is 0.734. The van der Waals surface area contributed by atoms with E-state index in [-0.39, 0.29) is 10.6 Å². The second kappa shape index (κ2) is 5.09. The van der Waals surface area contributed by atoms with Gasteiger partial charge in [-0.1, -0.05) is 11.6 Å². The molecule has 0 aliphatic rings. The van der Waals surface area contributed by atoms with Crippen molar-refractivity contribution in [3.05, 3.63) is 16.0 Å². The number of aldehydes is 1.